The van der Waals surface area contributed by atoms with Crippen LogP contribution in [0.25, 0.3) is 0 Å². The van der Waals surface area contributed by atoms with Crippen molar-refractivity contribution in [1.82, 2.24) is 0 Å². The smallest absolute Gasteiger partial charge is 0.127 e. The predicted octanol–water partition coefficient (Wildman–Crippen LogP) is 3.21. The van der Waals surface area contributed by atoms with Gasteiger partial charge in [-0.3, -0.25) is 0 Å². The molecule has 15 heavy (non-hydrogen) atoms. The van der Waals surface area contributed by atoms with Gasteiger partial charge in [0.25, 0.3) is 0 Å². The fourth-order valence-corrected chi connectivity index (χ4v) is 2.45. The SMILES string of the molecule is CC(C)CSC(CN)c1ccccc1F. The molecule has 1 aromatic rings. The van der Waals surface area contributed by atoms with Crippen molar-refractivity contribution in [3.05, 3.63) is 35.6 Å². The zero-order valence-electron chi connectivity index (χ0n) is 9.24. The van der Waals surface area contributed by atoms with Gasteiger partial charge in [-0.2, -0.15) is 11.8 Å². The van der Waals surface area contributed by atoms with Gasteiger partial charge in [-0.05, 0) is 17.7 Å². The first-order chi connectivity index (χ1) is 7.15. The van der Waals surface area contributed by atoms with Gasteiger partial charge >= 0.3 is 0 Å². The van der Waals surface area contributed by atoms with E-state index < -0.39 is 0 Å². The highest BCUT2D eigenvalue weighted by atomic mass is 32.2. The van der Waals surface area contributed by atoms with E-state index in [4.69, 9.17) is 5.73 Å². The maximum Gasteiger partial charge on any atom is 0.127 e. The number of rotatable bonds is 5. The van der Waals surface area contributed by atoms with Gasteiger partial charge in [-0.1, -0.05) is 32.0 Å². The molecule has 0 bridgehead atoms. The third-order valence-electron chi connectivity index (χ3n) is 2.10. The zero-order valence-corrected chi connectivity index (χ0v) is 10.1. The Labute approximate surface area is 95.2 Å². The Hall–Kier alpha value is -0.540. The van der Waals surface area contributed by atoms with Crippen molar-refractivity contribution < 1.29 is 4.39 Å². The van der Waals surface area contributed by atoms with Gasteiger partial charge in [0.2, 0.25) is 0 Å². The topological polar surface area (TPSA) is 26.0 Å². The second kappa shape index (κ2) is 6.13. The molecule has 0 spiro atoms. The van der Waals surface area contributed by atoms with Crippen LogP contribution in [0.15, 0.2) is 24.3 Å². The molecule has 1 unspecified atom stereocenters. The number of thioether (sulfide) groups is 1. The standard InChI is InChI=1S/C12H18FNS/c1-9(2)8-15-12(7-14)10-5-3-4-6-11(10)13/h3-6,9,12H,7-8,14H2,1-2H3. The average Bonchev–Trinajstić information content (AvgIpc) is 2.21. The molecular weight excluding hydrogens is 209 g/mol. The molecule has 1 nitrogen and oxygen atoms in total. The molecule has 2 N–H and O–H groups in total. The van der Waals surface area contributed by atoms with Crippen molar-refractivity contribution in [2.45, 2.75) is 19.1 Å². The number of nitrogens with two attached hydrogens (primary N) is 1. The fourth-order valence-electron chi connectivity index (χ4n) is 1.33. The van der Waals surface area contributed by atoms with Crippen LogP contribution in [0.5, 0.6) is 0 Å². The highest BCUT2D eigenvalue weighted by Gasteiger charge is 2.14. The van der Waals surface area contributed by atoms with Crippen LogP contribution < -0.4 is 5.73 Å². The summed E-state index contributed by atoms with van der Waals surface area (Å²) in [4.78, 5) is 0. The molecule has 0 aliphatic rings. The average molecular weight is 227 g/mol. The summed E-state index contributed by atoms with van der Waals surface area (Å²) in [6, 6.07) is 6.88. The Morgan fingerprint density at radius 1 is 1.33 bits per heavy atom. The molecule has 0 amide bonds. The summed E-state index contributed by atoms with van der Waals surface area (Å²) < 4.78 is 13.5. The van der Waals surface area contributed by atoms with Gasteiger partial charge in [-0.15, -0.1) is 0 Å². The highest BCUT2D eigenvalue weighted by Crippen LogP contribution is 2.30. The van der Waals surface area contributed by atoms with Gasteiger partial charge in [-0.25, -0.2) is 4.39 Å². The Balaban J connectivity index is 2.70. The molecule has 1 atom stereocenters. The molecule has 84 valence electrons. The largest absolute Gasteiger partial charge is 0.329 e. The first-order valence-corrected chi connectivity index (χ1v) is 6.26. The molecule has 0 fully saturated rings. The van der Waals surface area contributed by atoms with Crippen molar-refractivity contribution in [1.29, 1.82) is 0 Å². The van der Waals surface area contributed by atoms with Gasteiger partial charge in [0.05, 0.1) is 0 Å². The van der Waals surface area contributed by atoms with Crippen LogP contribution in [0.1, 0.15) is 24.7 Å². The Morgan fingerprint density at radius 3 is 2.53 bits per heavy atom. The van der Waals surface area contributed by atoms with E-state index in [-0.39, 0.29) is 11.1 Å². The van der Waals surface area contributed by atoms with Gasteiger partial charge in [0.15, 0.2) is 0 Å². The van der Waals surface area contributed by atoms with Crippen LogP contribution in [0.4, 0.5) is 4.39 Å². The highest BCUT2D eigenvalue weighted by molar-refractivity contribution is 7.99. The summed E-state index contributed by atoms with van der Waals surface area (Å²) in [5.74, 6) is 1.47. The van der Waals surface area contributed by atoms with Crippen LogP contribution in [-0.2, 0) is 0 Å². The molecule has 1 aromatic carbocycles. The number of halogens is 1. The fraction of sp³-hybridized carbons (Fsp3) is 0.500. The zero-order chi connectivity index (χ0) is 11.3. The lowest BCUT2D eigenvalue weighted by molar-refractivity contribution is 0.607. The lowest BCUT2D eigenvalue weighted by Crippen LogP contribution is -2.12. The summed E-state index contributed by atoms with van der Waals surface area (Å²) in [6.07, 6.45) is 0. The van der Waals surface area contributed by atoms with Crippen LogP contribution in [-0.4, -0.2) is 12.3 Å². The Morgan fingerprint density at radius 2 is 2.00 bits per heavy atom. The lowest BCUT2D eigenvalue weighted by atomic mass is 10.1. The number of hydrogen-bond donors (Lipinski definition) is 1. The van der Waals surface area contributed by atoms with E-state index in [9.17, 15) is 4.39 Å². The summed E-state index contributed by atoms with van der Waals surface area (Å²) in [6.45, 7) is 4.79. The summed E-state index contributed by atoms with van der Waals surface area (Å²) in [7, 11) is 0. The third-order valence-corrected chi connectivity index (χ3v) is 3.80. The maximum absolute atomic E-state index is 13.5. The maximum atomic E-state index is 13.5. The van der Waals surface area contributed by atoms with Crippen LogP contribution in [0, 0.1) is 11.7 Å². The molecule has 0 saturated heterocycles. The second-order valence-electron chi connectivity index (χ2n) is 3.97. The Kier molecular flexibility index (Phi) is 5.12. The molecule has 1 rings (SSSR count). The molecule has 0 saturated carbocycles. The quantitative estimate of drug-likeness (QED) is 0.836. The monoisotopic (exact) mass is 227 g/mol. The van der Waals surface area contributed by atoms with Crippen molar-refractivity contribution in [3.8, 4) is 0 Å². The second-order valence-corrected chi connectivity index (χ2v) is 5.21. The normalized spacial score (nSPS) is 13.1. The van der Waals surface area contributed by atoms with Crippen LogP contribution in [0.3, 0.4) is 0 Å². The van der Waals surface area contributed by atoms with E-state index in [1.165, 1.54) is 6.07 Å². The Bertz CT molecular complexity index is 301. The molecule has 0 aliphatic carbocycles. The van der Waals surface area contributed by atoms with Gasteiger partial charge in [0, 0.05) is 17.4 Å². The van der Waals surface area contributed by atoms with Crippen molar-refractivity contribution in [2.24, 2.45) is 11.7 Å². The molecular formula is C12H18FNS. The predicted molar refractivity (Wildman–Crippen MR) is 65.5 cm³/mol. The lowest BCUT2D eigenvalue weighted by Gasteiger charge is -2.16. The first-order valence-electron chi connectivity index (χ1n) is 5.21. The van der Waals surface area contributed by atoms with E-state index in [0.717, 1.165) is 11.3 Å². The summed E-state index contributed by atoms with van der Waals surface area (Å²) in [5, 5.41) is 0.0774. The van der Waals surface area contributed by atoms with E-state index in [2.05, 4.69) is 13.8 Å². The summed E-state index contributed by atoms with van der Waals surface area (Å²) in [5.41, 5.74) is 6.40. The molecule has 0 radical (unpaired) electrons. The minimum Gasteiger partial charge on any atom is -0.329 e. The number of hydrogen-bond acceptors (Lipinski definition) is 2. The van der Waals surface area contributed by atoms with Crippen molar-refractivity contribution >= 4 is 11.8 Å². The summed E-state index contributed by atoms with van der Waals surface area (Å²) >= 11 is 1.73. The van der Waals surface area contributed by atoms with Crippen molar-refractivity contribution in [3.63, 3.8) is 0 Å². The van der Waals surface area contributed by atoms with Crippen molar-refractivity contribution in [2.75, 3.05) is 12.3 Å². The van der Waals surface area contributed by atoms with E-state index in [1.54, 1.807) is 17.8 Å². The number of benzene rings is 1. The molecule has 0 aromatic heterocycles. The van der Waals surface area contributed by atoms with Crippen LogP contribution in [0.2, 0.25) is 0 Å². The van der Waals surface area contributed by atoms with E-state index in [1.807, 2.05) is 12.1 Å². The van der Waals surface area contributed by atoms with E-state index >= 15 is 0 Å². The van der Waals surface area contributed by atoms with Crippen LogP contribution >= 0.6 is 11.8 Å². The van der Waals surface area contributed by atoms with E-state index in [0.29, 0.717) is 12.5 Å². The minimum absolute atomic E-state index is 0.0774. The third kappa shape index (κ3) is 3.84. The first kappa shape index (κ1) is 12.5. The van der Waals surface area contributed by atoms with Gasteiger partial charge in [0.1, 0.15) is 5.82 Å². The van der Waals surface area contributed by atoms with Gasteiger partial charge < -0.3 is 5.73 Å². The molecule has 0 heterocycles. The minimum atomic E-state index is -0.149. The molecule has 3 heteroatoms. The molecule has 0 aliphatic heterocycles.